The van der Waals surface area contributed by atoms with E-state index in [9.17, 15) is 0 Å². The molecule has 2 aromatic rings. The first kappa shape index (κ1) is 21.4. The Hall–Kier alpha value is -3.90. The van der Waals surface area contributed by atoms with E-state index < -0.39 is 0 Å². The second-order valence-electron chi connectivity index (χ2n) is 6.01. The van der Waals surface area contributed by atoms with E-state index in [-0.39, 0.29) is 13.5 Å². The standard InChI is InChI=1S/C27H21BO/c1-6-21-29-28(19-17-24-15-11-13-22(7-2)26(24)9-4)20-18-25-16-12-14-23(8-3)27(25)10-5/h1-3,9-20H,4-5,21H2. The Kier molecular flexibility index (Phi) is 8.17. The van der Waals surface area contributed by atoms with Gasteiger partial charge in [-0.15, -0.1) is 19.3 Å². The molecule has 0 N–H and O–H groups in total. The number of rotatable bonds is 8. The highest BCUT2D eigenvalue weighted by Gasteiger charge is 2.09. The zero-order chi connectivity index (χ0) is 21.1. The van der Waals surface area contributed by atoms with E-state index in [1.165, 1.54) is 0 Å². The van der Waals surface area contributed by atoms with Crippen LogP contribution >= 0.6 is 0 Å². The van der Waals surface area contributed by atoms with Crippen LogP contribution in [0.3, 0.4) is 0 Å². The van der Waals surface area contributed by atoms with Crippen LogP contribution in [0.15, 0.2) is 61.5 Å². The van der Waals surface area contributed by atoms with Crippen LogP contribution in [-0.4, -0.2) is 13.5 Å². The molecule has 0 saturated carbocycles. The van der Waals surface area contributed by atoms with Crippen molar-refractivity contribution in [1.82, 2.24) is 0 Å². The molecule has 2 heteroatoms. The molecule has 2 rings (SSSR count). The molecular formula is C27H21BO. The number of terminal acetylenes is 3. The Labute approximate surface area is 174 Å². The van der Waals surface area contributed by atoms with Crippen molar-refractivity contribution in [2.24, 2.45) is 0 Å². The van der Waals surface area contributed by atoms with Gasteiger partial charge in [0.1, 0.15) is 0 Å². The molecular weight excluding hydrogens is 351 g/mol. The lowest BCUT2D eigenvalue weighted by Crippen LogP contribution is -2.13. The van der Waals surface area contributed by atoms with Crippen molar-refractivity contribution in [3.63, 3.8) is 0 Å². The average Bonchev–Trinajstić information content (AvgIpc) is 2.77. The molecule has 2 aromatic carbocycles. The topological polar surface area (TPSA) is 9.23 Å². The quantitative estimate of drug-likeness (QED) is 0.447. The van der Waals surface area contributed by atoms with Crippen LogP contribution in [0.5, 0.6) is 0 Å². The van der Waals surface area contributed by atoms with Crippen molar-refractivity contribution < 1.29 is 4.65 Å². The van der Waals surface area contributed by atoms with Crippen molar-refractivity contribution in [2.45, 2.75) is 0 Å². The monoisotopic (exact) mass is 372 g/mol. The van der Waals surface area contributed by atoms with Gasteiger partial charge >= 0.3 is 6.92 Å². The fourth-order valence-electron chi connectivity index (χ4n) is 2.88. The largest absolute Gasteiger partial charge is 0.417 e. The Bertz CT molecular complexity index is 1000. The molecule has 0 saturated heterocycles. The molecule has 1 nitrogen and oxygen atoms in total. The maximum atomic E-state index is 5.75. The lowest BCUT2D eigenvalue weighted by Gasteiger charge is -2.07. The van der Waals surface area contributed by atoms with Crippen LogP contribution in [0.1, 0.15) is 33.4 Å². The van der Waals surface area contributed by atoms with Crippen molar-refractivity contribution in [3.8, 4) is 37.0 Å². The summed E-state index contributed by atoms with van der Waals surface area (Å²) in [6.07, 6.45) is 23.9. The van der Waals surface area contributed by atoms with Crippen LogP contribution in [0, 0.1) is 37.0 Å². The molecule has 0 radical (unpaired) electrons. The summed E-state index contributed by atoms with van der Waals surface area (Å²) < 4.78 is 5.75. The summed E-state index contributed by atoms with van der Waals surface area (Å²) in [4.78, 5) is 0. The van der Waals surface area contributed by atoms with E-state index in [4.69, 9.17) is 23.9 Å². The van der Waals surface area contributed by atoms with Gasteiger partial charge in [-0.1, -0.05) is 91.4 Å². The fourth-order valence-corrected chi connectivity index (χ4v) is 2.88. The normalized spacial score (nSPS) is 10.2. The SMILES string of the molecule is C#CCOB(C=Cc1cccc(C#C)c1C=C)C=Cc1cccc(C#C)c1C=C. The number of hydrogen-bond acceptors (Lipinski definition) is 1. The molecule has 0 atom stereocenters. The number of hydrogen-bond donors (Lipinski definition) is 0. The predicted octanol–water partition coefficient (Wildman–Crippen LogP) is 5.38. The Morgan fingerprint density at radius 3 is 1.69 bits per heavy atom. The Balaban J connectivity index is 2.36. The van der Waals surface area contributed by atoms with Gasteiger partial charge in [0.15, 0.2) is 0 Å². The van der Waals surface area contributed by atoms with Crippen LogP contribution < -0.4 is 0 Å². The lowest BCUT2D eigenvalue weighted by molar-refractivity contribution is 0.389. The minimum absolute atomic E-state index is 0.191. The molecule has 29 heavy (non-hydrogen) atoms. The minimum Gasteiger partial charge on any atom is -0.417 e. The second-order valence-corrected chi connectivity index (χ2v) is 6.01. The molecule has 0 aliphatic rings. The highest BCUT2D eigenvalue weighted by Crippen LogP contribution is 2.19. The van der Waals surface area contributed by atoms with Gasteiger partial charge in [-0.2, -0.15) is 0 Å². The fraction of sp³-hybridized carbons (Fsp3) is 0.0370. The summed E-state index contributed by atoms with van der Waals surface area (Å²) >= 11 is 0. The first-order valence-electron chi connectivity index (χ1n) is 9.04. The molecule has 0 heterocycles. The summed E-state index contributed by atoms with van der Waals surface area (Å²) in [5, 5.41) is 0. The van der Waals surface area contributed by atoms with Crippen LogP contribution in [0.25, 0.3) is 24.3 Å². The third-order valence-electron chi connectivity index (χ3n) is 4.29. The Morgan fingerprint density at radius 1 is 0.828 bits per heavy atom. The van der Waals surface area contributed by atoms with E-state index in [0.29, 0.717) is 0 Å². The molecule has 0 aromatic heterocycles. The van der Waals surface area contributed by atoms with Gasteiger partial charge in [-0.25, -0.2) is 0 Å². The predicted molar refractivity (Wildman–Crippen MR) is 128 cm³/mol. The molecule has 0 spiro atoms. The van der Waals surface area contributed by atoms with E-state index >= 15 is 0 Å². The lowest BCUT2D eigenvalue weighted by atomic mass is 9.67. The summed E-state index contributed by atoms with van der Waals surface area (Å²) in [6, 6.07) is 11.5. The second kappa shape index (κ2) is 11.1. The molecule has 0 bridgehead atoms. The van der Waals surface area contributed by atoms with E-state index in [0.717, 1.165) is 33.4 Å². The van der Waals surface area contributed by atoms with Gasteiger partial charge < -0.3 is 4.65 Å². The van der Waals surface area contributed by atoms with Gasteiger partial charge in [-0.3, -0.25) is 0 Å². The zero-order valence-electron chi connectivity index (χ0n) is 16.3. The van der Waals surface area contributed by atoms with Crippen LogP contribution in [-0.2, 0) is 4.65 Å². The Morgan fingerprint density at radius 2 is 1.31 bits per heavy atom. The van der Waals surface area contributed by atoms with E-state index in [1.54, 1.807) is 12.2 Å². The summed E-state index contributed by atoms with van der Waals surface area (Å²) in [5.74, 6) is 11.7. The van der Waals surface area contributed by atoms with Crippen LogP contribution in [0.2, 0.25) is 0 Å². The first-order chi connectivity index (χ1) is 14.2. The summed E-state index contributed by atoms with van der Waals surface area (Å²) in [5.41, 5.74) is 5.31. The molecule has 0 aliphatic carbocycles. The molecule has 0 amide bonds. The van der Waals surface area contributed by atoms with Crippen molar-refractivity contribution in [2.75, 3.05) is 6.61 Å². The molecule has 0 aliphatic heterocycles. The van der Waals surface area contributed by atoms with Crippen LogP contribution in [0.4, 0.5) is 0 Å². The highest BCUT2D eigenvalue weighted by molar-refractivity contribution is 6.64. The highest BCUT2D eigenvalue weighted by atomic mass is 16.4. The van der Waals surface area contributed by atoms with Gasteiger partial charge in [0.05, 0.1) is 6.61 Å². The van der Waals surface area contributed by atoms with Crippen molar-refractivity contribution in [1.29, 1.82) is 0 Å². The third kappa shape index (κ3) is 5.54. The minimum atomic E-state index is -0.328. The summed E-state index contributed by atoms with van der Waals surface area (Å²) in [7, 11) is 0. The van der Waals surface area contributed by atoms with Crippen molar-refractivity contribution >= 4 is 31.2 Å². The van der Waals surface area contributed by atoms with Gasteiger partial charge in [-0.05, 0) is 34.4 Å². The first-order valence-corrected chi connectivity index (χ1v) is 9.04. The maximum Gasteiger partial charge on any atom is 0.347 e. The van der Waals surface area contributed by atoms with Gasteiger partial charge in [0.25, 0.3) is 0 Å². The molecule has 0 fully saturated rings. The molecule has 0 unspecified atom stereocenters. The summed E-state index contributed by atoms with van der Waals surface area (Å²) in [6.45, 7) is 7.59. The zero-order valence-corrected chi connectivity index (χ0v) is 16.3. The molecule has 138 valence electrons. The van der Waals surface area contributed by atoms with Gasteiger partial charge in [0.2, 0.25) is 0 Å². The third-order valence-corrected chi connectivity index (χ3v) is 4.29. The number of benzene rings is 2. The van der Waals surface area contributed by atoms with Gasteiger partial charge in [0, 0.05) is 11.1 Å². The van der Waals surface area contributed by atoms with E-state index in [1.807, 2.05) is 60.5 Å². The maximum absolute atomic E-state index is 5.75. The smallest absolute Gasteiger partial charge is 0.347 e. The van der Waals surface area contributed by atoms with E-state index in [2.05, 4.69) is 30.9 Å². The van der Waals surface area contributed by atoms with Crippen molar-refractivity contribution in [3.05, 3.63) is 94.9 Å². The average molecular weight is 372 g/mol.